The summed E-state index contributed by atoms with van der Waals surface area (Å²) in [6, 6.07) is 4.33. The first-order chi connectivity index (χ1) is 10.5. The van der Waals surface area contributed by atoms with Gasteiger partial charge in [0, 0.05) is 16.6 Å². The second-order valence-corrected chi connectivity index (χ2v) is 8.12. The third-order valence-corrected chi connectivity index (χ3v) is 5.35. The van der Waals surface area contributed by atoms with Crippen LogP contribution in [-0.4, -0.2) is 15.0 Å². The third-order valence-electron chi connectivity index (χ3n) is 3.47. The topological polar surface area (TPSA) is 46.2 Å². The highest BCUT2D eigenvalue weighted by atomic mass is 35.5. The van der Waals surface area contributed by atoms with Crippen molar-refractivity contribution < 1.29 is 8.42 Å². The van der Waals surface area contributed by atoms with Crippen LogP contribution in [0.25, 0.3) is 0 Å². The second kappa shape index (κ2) is 10.5. The molecule has 1 aromatic carbocycles. The summed E-state index contributed by atoms with van der Waals surface area (Å²) in [6.07, 6.45) is 9.44. The van der Waals surface area contributed by atoms with Crippen LogP contribution in [0.3, 0.4) is 0 Å². The molecule has 0 atom stereocenters. The first kappa shape index (κ1) is 19.8. The quantitative estimate of drug-likeness (QED) is 0.532. The molecule has 0 heterocycles. The SMILES string of the molecule is CCCCCCCCCCNS(=O)(=O)c1cc(Cl)cc(Cl)c1. The van der Waals surface area contributed by atoms with E-state index in [0.29, 0.717) is 16.6 Å². The first-order valence-corrected chi connectivity index (χ1v) is 10.2. The van der Waals surface area contributed by atoms with Crippen LogP contribution in [0, 0.1) is 0 Å². The molecule has 0 amide bonds. The lowest BCUT2D eigenvalue weighted by Crippen LogP contribution is -2.24. The molecule has 0 aromatic heterocycles. The van der Waals surface area contributed by atoms with Crippen molar-refractivity contribution in [3.05, 3.63) is 28.2 Å². The van der Waals surface area contributed by atoms with Crippen LogP contribution < -0.4 is 4.72 Å². The number of nitrogens with one attached hydrogen (secondary N) is 1. The Hall–Kier alpha value is -0.290. The Balaban J connectivity index is 2.26. The van der Waals surface area contributed by atoms with E-state index in [1.54, 1.807) is 0 Å². The fourth-order valence-electron chi connectivity index (χ4n) is 2.23. The minimum atomic E-state index is -3.53. The van der Waals surface area contributed by atoms with Gasteiger partial charge in [0.15, 0.2) is 0 Å². The van der Waals surface area contributed by atoms with Gasteiger partial charge in [-0.25, -0.2) is 13.1 Å². The van der Waals surface area contributed by atoms with Gasteiger partial charge in [-0.15, -0.1) is 0 Å². The summed E-state index contributed by atoms with van der Waals surface area (Å²) < 4.78 is 26.8. The van der Waals surface area contributed by atoms with Crippen LogP contribution in [-0.2, 0) is 10.0 Å². The molecule has 6 heteroatoms. The van der Waals surface area contributed by atoms with Crippen LogP contribution in [0.4, 0.5) is 0 Å². The van der Waals surface area contributed by atoms with E-state index in [1.165, 1.54) is 50.3 Å². The zero-order valence-corrected chi connectivity index (χ0v) is 15.4. The van der Waals surface area contributed by atoms with Gasteiger partial charge in [-0.3, -0.25) is 0 Å². The standard InChI is InChI=1S/C16H25Cl2NO2S/c1-2-3-4-5-6-7-8-9-10-19-22(20,21)16-12-14(17)11-15(18)13-16/h11-13,19H,2-10H2,1H3. The molecule has 0 fully saturated rings. The molecule has 0 aliphatic carbocycles. The van der Waals surface area contributed by atoms with E-state index in [0.717, 1.165) is 19.3 Å². The van der Waals surface area contributed by atoms with Crippen molar-refractivity contribution in [1.82, 2.24) is 4.72 Å². The van der Waals surface area contributed by atoms with E-state index in [-0.39, 0.29) is 4.90 Å². The highest BCUT2D eigenvalue weighted by molar-refractivity contribution is 7.89. The van der Waals surface area contributed by atoms with Crippen molar-refractivity contribution in [2.75, 3.05) is 6.54 Å². The van der Waals surface area contributed by atoms with Gasteiger partial charge in [0.05, 0.1) is 4.90 Å². The van der Waals surface area contributed by atoms with Gasteiger partial charge in [-0.05, 0) is 24.6 Å². The maximum atomic E-state index is 12.1. The van der Waals surface area contributed by atoms with E-state index >= 15 is 0 Å². The van der Waals surface area contributed by atoms with Gasteiger partial charge in [-0.1, -0.05) is 75.1 Å². The summed E-state index contributed by atoms with van der Waals surface area (Å²) in [7, 11) is -3.53. The van der Waals surface area contributed by atoms with Crippen LogP contribution in [0.2, 0.25) is 10.0 Å². The van der Waals surface area contributed by atoms with E-state index in [2.05, 4.69) is 11.6 Å². The molecule has 22 heavy (non-hydrogen) atoms. The summed E-state index contributed by atoms with van der Waals surface area (Å²) in [5.74, 6) is 0. The van der Waals surface area contributed by atoms with Crippen LogP contribution in [0.1, 0.15) is 58.3 Å². The Morgan fingerprint density at radius 1 is 0.864 bits per heavy atom. The van der Waals surface area contributed by atoms with Crippen molar-refractivity contribution in [2.24, 2.45) is 0 Å². The molecule has 1 rings (SSSR count). The fraction of sp³-hybridized carbons (Fsp3) is 0.625. The molecule has 0 aliphatic heterocycles. The lowest BCUT2D eigenvalue weighted by molar-refractivity contribution is 0.559. The average molecular weight is 366 g/mol. The van der Waals surface area contributed by atoms with Gasteiger partial charge in [0.25, 0.3) is 0 Å². The highest BCUT2D eigenvalue weighted by Crippen LogP contribution is 2.22. The van der Waals surface area contributed by atoms with Gasteiger partial charge in [-0.2, -0.15) is 0 Å². The summed E-state index contributed by atoms with van der Waals surface area (Å²) in [6.45, 7) is 2.65. The monoisotopic (exact) mass is 365 g/mol. The van der Waals surface area contributed by atoms with Crippen LogP contribution >= 0.6 is 23.2 Å². The van der Waals surface area contributed by atoms with E-state index in [9.17, 15) is 8.42 Å². The van der Waals surface area contributed by atoms with Crippen molar-refractivity contribution in [2.45, 2.75) is 63.2 Å². The van der Waals surface area contributed by atoms with Gasteiger partial charge >= 0.3 is 0 Å². The molecule has 126 valence electrons. The molecule has 0 radical (unpaired) electrons. The Morgan fingerprint density at radius 2 is 1.36 bits per heavy atom. The van der Waals surface area contributed by atoms with Gasteiger partial charge in [0.2, 0.25) is 10.0 Å². The van der Waals surface area contributed by atoms with Crippen molar-refractivity contribution in [1.29, 1.82) is 0 Å². The van der Waals surface area contributed by atoms with E-state index in [1.807, 2.05) is 0 Å². The van der Waals surface area contributed by atoms with Crippen LogP contribution in [0.5, 0.6) is 0 Å². The minimum absolute atomic E-state index is 0.115. The molecule has 0 unspecified atom stereocenters. The molecule has 3 nitrogen and oxygen atoms in total. The summed E-state index contributed by atoms with van der Waals surface area (Å²) in [5.41, 5.74) is 0. The Labute approximate surface area is 144 Å². The van der Waals surface area contributed by atoms with Crippen molar-refractivity contribution in [3.8, 4) is 0 Å². The first-order valence-electron chi connectivity index (χ1n) is 7.91. The van der Waals surface area contributed by atoms with Crippen molar-refractivity contribution >= 4 is 33.2 Å². The lowest BCUT2D eigenvalue weighted by atomic mass is 10.1. The Bertz CT molecular complexity index is 527. The zero-order valence-electron chi connectivity index (χ0n) is 13.1. The maximum absolute atomic E-state index is 12.1. The summed E-state index contributed by atoms with van der Waals surface area (Å²) in [4.78, 5) is 0.115. The average Bonchev–Trinajstić information content (AvgIpc) is 2.44. The molecular weight excluding hydrogens is 341 g/mol. The van der Waals surface area contributed by atoms with Gasteiger partial charge in [0.1, 0.15) is 0 Å². The molecular formula is C16H25Cl2NO2S. The predicted octanol–water partition coefficient (Wildman–Crippen LogP) is 5.41. The van der Waals surface area contributed by atoms with Crippen molar-refractivity contribution in [3.63, 3.8) is 0 Å². The second-order valence-electron chi connectivity index (χ2n) is 5.48. The number of hydrogen-bond donors (Lipinski definition) is 1. The molecule has 0 aliphatic rings. The number of halogens is 2. The number of sulfonamides is 1. The van der Waals surface area contributed by atoms with E-state index in [4.69, 9.17) is 23.2 Å². The Kier molecular flexibility index (Phi) is 9.41. The molecule has 0 saturated heterocycles. The molecule has 0 saturated carbocycles. The molecule has 0 bridgehead atoms. The summed E-state index contributed by atoms with van der Waals surface area (Å²) in [5, 5.41) is 0.639. The highest BCUT2D eigenvalue weighted by Gasteiger charge is 2.14. The normalized spacial score (nSPS) is 11.8. The zero-order chi connectivity index (χ0) is 16.4. The smallest absolute Gasteiger partial charge is 0.211 e. The number of unbranched alkanes of at least 4 members (excludes halogenated alkanes) is 7. The largest absolute Gasteiger partial charge is 0.240 e. The number of benzene rings is 1. The molecule has 1 N–H and O–H groups in total. The lowest BCUT2D eigenvalue weighted by Gasteiger charge is -2.08. The van der Waals surface area contributed by atoms with Crippen LogP contribution in [0.15, 0.2) is 23.1 Å². The third kappa shape index (κ3) is 7.82. The Morgan fingerprint density at radius 3 is 1.91 bits per heavy atom. The number of rotatable bonds is 11. The fourth-order valence-corrected chi connectivity index (χ4v) is 4.03. The number of hydrogen-bond acceptors (Lipinski definition) is 2. The minimum Gasteiger partial charge on any atom is -0.211 e. The summed E-state index contributed by atoms with van der Waals surface area (Å²) >= 11 is 11.7. The maximum Gasteiger partial charge on any atom is 0.240 e. The predicted molar refractivity (Wildman–Crippen MR) is 94.3 cm³/mol. The molecule has 1 aromatic rings. The molecule has 0 spiro atoms. The van der Waals surface area contributed by atoms with Gasteiger partial charge < -0.3 is 0 Å². The van der Waals surface area contributed by atoms with E-state index < -0.39 is 10.0 Å².